The minimum absolute atomic E-state index is 1.22. The Labute approximate surface area is 359 Å². The molecule has 0 aliphatic carbocycles. The second kappa shape index (κ2) is 13.7. The molecular weight excluding hydrogens is 745 g/mol. The quantitative estimate of drug-likeness (QED) is 0.120. The van der Waals surface area contributed by atoms with Crippen LogP contribution in [-0.4, -0.2) is 0 Å². The van der Waals surface area contributed by atoms with E-state index in [0.29, 0.717) is 0 Å². The molecule has 0 atom stereocenters. The maximum atomic E-state index is 2.49. The molecule has 0 bridgehead atoms. The van der Waals surface area contributed by atoms with Gasteiger partial charge in [0.25, 0.3) is 0 Å². The van der Waals surface area contributed by atoms with Crippen LogP contribution in [0.4, 0.5) is 0 Å². The maximum Gasteiger partial charge on any atom is -0.00134 e. The summed E-state index contributed by atoms with van der Waals surface area (Å²) in [5, 5.41) is 18.0. The summed E-state index contributed by atoms with van der Waals surface area (Å²) in [5.41, 5.74) is 12.4. The zero-order valence-corrected chi connectivity index (χ0v) is 33.9. The lowest BCUT2D eigenvalue weighted by Crippen LogP contribution is -1.96. The van der Waals surface area contributed by atoms with Crippen molar-refractivity contribution in [3.05, 3.63) is 231 Å². The zero-order chi connectivity index (χ0) is 40.7. The molecule has 0 amide bonds. The van der Waals surface area contributed by atoms with E-state index in [-0.39, 0.29) is 0 Å². The molecule has 0 saturated heterocycles. The first-order valence-corrected chi connectivity index (χ1v) is 21.6. The third kappa shape index (κ3) is 5.08. The Kier molecular flexibility index (Phi) is 7.71. The third-order valence-electron chi connectivity index (χ3n) is 13.4. The molecule has 0 saturated carbocycles. The highest BCUT2D eigenvalue weighted by Gasteiger charge is 2.25. The van der Waals surface area contributed by atoms with Gasteiger partial charge in [-0.15, -0.1) is 0 Å². The van der Waals surface area contributed by atoms with Crippen molar-refractivity contribution in [2.24, 2.45) is 0 Å². The van der Waals surface area contributed by atoms with E-state index in [1.54, 1.807) is 0 Å². The van der Waals surface area contributed by atoms with E-state index >= 15 is 0 Å². The molecule has 0 unspecified atom stereocenters. The van der Waals surface area contributed by atoms with Gasteiger partial charge in [0.2, 0.25) is 0 Å². The molecule has 0 heteroatoms. The molecule has 0 aliphatic rings. The number of hydrogen-bond donors (Lipinski definition) is 0. The molecule has 0 nitrogen and oxygen atoms in total. The normalized spacial score (nSPS) is 11.9. The highest BCUT2D eigenvalue weighted by Crippen LogP contribution is 2.53. The highest BCUT2D eigenvalue weighted by atomic mass is 14.3. The van der Waals surface area contributed by atoms with Gasteiger partial charge in [0.1, 0.15) is 0 Å². The Morgan fingerprint density at radius 1 is 0.177 bits per heavy atom. The molecule has 0 heterocycles. The van der Waals surface area contributed by atoms with Gasteiger partial charge in [-0.3, -0.25) is 0 Å². The number of hydrogen-bond acceptors (Lipinski definition) is 0. The smallest absolute Gasteiger partial charge is 0.00134 e. The highest BCUT2D eigenvalue weighted by molar-refractivity contribution is 6.44. The van der Waals surface area contributed by atoms with Crippen LogP contribution in [0.2, 0.25) is 0 Å². The van der Waals surface area contributed by atoms with Crippen molar-refractivity contribution < 1.29 is 0 Å². The zero-order valence-electron chi connectivity index (χ0n) is 33.9. The van der Waals surface area contributed by atoms with Crippen molar-refractivity contribution >= 4 is 75.4 Å². The van der Waals surface area contributed by atoms with Crippen LogP contribution in [-0.2, 0) is 0 Å². The SMILES string of the molecule is c1ccc(-c2ccccc2-c2ccc3c4c2cc2ccccc2c4c2cccc4c(-c5cc(-c6ccccc6)c6ccccc6c5-c5ccccc5)c5ccccc5c3c42)cc1. The summed E-state index contributed by atoms with van der Waals surface area (Å²) in [5.74, 6) is 0. The first kappa shape index (κ1) is 34.8. The molecule has 0 N–H and O–H groups in total. The lowest BCUT2D eigenvalue weighted by molar-refractivity contribution is 1.60. The molecule has 13 aromatic rings. The fraction of sp³-hybridized carbons (Fsp3) is 0. The average molecular weight is 783 g/mol. The monoisotopic (exact) mass is 782 g/mol. The van der Waals surface area contributed by atoms with Gasteiger partial charge in [0.15, 0.2) is 0 Å². The lowest BCUT2D eigenvalue weighted by Gasteiger charge is -2.24. The summed E-state index contributed by atoms with van der Waals surface area (Å²) in [7, 11) is 0. The molecule has 62 heavy (non-hydrogen) atoms. The Morgan fingerprint density at radius 2 is 0.645 bits per heavy atom. The van der Waals surface area contributed by atoms with E-state index in [4.69, 9.17) is 0 Å². The molecule has 286 valence electrons. The summed E-state index contributed by atoms with van der Waals surface area (Å²) < 4.78 is 0. The van der Waals surface area contributed by atoms with Crippen LogP contribution >= 0.6 is 0 Å². The first-order chi connectivity index (χ1) is 30.8. The van der Waals surface area contributed by atoms with Gasteiger partial charge in [0.05, 0.1) is 0 Å². The van der Waals surface area contributed by atoms with Gasteiger partial charge >= 0.3 is 0 Å². The van der Waals surface area contributed by atoms with E-state index in [1.807, 2.05) is 0 Å². The van der Waals surface area contributed by atoms with Crippen LogP contribution in [0.5, 0.6) is 0 Å². The molecule has 13 aromatic carbocycles. The summed E-state index contributed by atoms with van der Waals surface area (Å²) in [4.78, 5) is 0. The molecular formula is C62H38. The minimum Gasteiger partial charge on any atom is -0.0622 e. The van der Waals surface area contributed by atoms with Crippen LogP contribution in [0.3, 0.4) is 0 Å². The van der Waals surface area contributed by atoms with E-state index in [2.05, 4.69) is 231 Å². The Balaban J connectivity index is 1.23. The van der Waals surface area contributed by atoms with Crippen molar-refractivity contribution in [2.45, 2.75) is 0 Å². The summed E-state index contributed by atoms with van der Waals surface area (Å²) in [6, 6.07) is 85.6. The van der Waals surface area contributed by atoms with Gasteiger partial charge in [-0.05, 0) is 143 Å². The predicted octanol–water partition coefficient (Wildman–Crippen LogP) is 17.5. The number of benzene rings is 13. The fourth-order valence-corrected chi connectivity index (χ4v) is 10.8. The summed E-state index contributed by atoms with van der Waals surface area (Å²) in [6.07, 6.45) is 0. The third-order valence-corrected chi connectivity index (χ3v) is 13.4. The van der Waals surface area contributed by atoms with Gasteiger partial charge in [-0.25, -0.2) is 0 Å². The van der Waals surface area contributed by atoms with Gasteiger partial charge in [-0.1, -0.05) is 218 Å². The molecule has 0 aromatic heterocycles. The molecule has 0 aliphatic heterocycles. The van der Waals surface area contributed by atoms with Crippen LogP contribution in [0.15, 0.2) is 231 Å². The first-order valence-electron chi connectivity index (χ1n) is 21.6. The molecule has 0 fully saturated rings. The van der Waals surface area contributed by atoms with Gasteiger partial charge in [0, 0.05) is 0 Å². The van der Waals surface area contributed by atoms with Crippen molar-refractivity contribution in [1.29, 1.82) is 0 Å². The maximum absolute atomic E-state index is 2.49. The van der Waals surface area contributed by atoms with E-state index < -0.39 is 0 Å². The average Bonchev–Trinajstić information content (AvgIpc) is 3.35. The van der Waals surface area contributed by atoms with E-state index in [9.17, 15) is 0 Å². The van der Waals surface area contributed by atoms with Gasteiger partial charge in [-0.2, -0.15) is 0 Å². The largest absolute Gasteiger partial charge is 0.0622 e. The molecule has 0 radical (unpaired) electrons. The van der Waals surface area contributed by atoms with Crippen LogP contribution < -0.4 is 0 Å². The molecule has 13 rings (SSSR count). The summed E-state index contributed by atoms with van der Waals surface area (Å²) >= 11 is 0. The minimum atomic E-state index is 1.22. The van der Waals surface area contributed by atoms with Crippen molar-refractivity contribution in [3.8, 4) is 55.6 Å². The lowest BCUT2D eigenvalue weighted by atomic mass is 9.78. The van der Waals surface area contributed by atoms with Crippen LogP contribution in [0.25, 0.3) is 131 Å². The van der Waals surface area contributed by atoms with E-state index in [0.717, 1.165) is 0 Å². The van der Waals surface area contributed by atoms with Crippen molar-refractivity contribution in [2.75, 3.05) is 0 Å². The second-order valence-corrected chi connectivity index (χ2v) is 16.6. The number of rotatable bonds is 5. The Hall–Kier alpha value is -8.06. The van der Waals surface area contributed by atoms with E-state index in [1.165, 1.54) is 131 Å². The van der Waals surface area contributed by atoms with Crippen molar-refractivity contribution in [1.82, 2.24) is 0 Å². The topological polar surface area (TPSA) is 0 Å². The Morgan fingerprint density at radius 3 is 1.37 bits per heavy atom. The summed E-state index contributed by atoms with van der Waals surface area (Å²) in [6.45, 7) is 0. The predicted molar refractivity (Wildman–Crippen MR) is 267 cm³/mol. The number of fused-ring (bicyclic) bond motifs is 7. The van der Waals surface area contributed by atoms with Crippen molar-refractivity contribution in [3.63, 3.8) is 0 Å². The van der Waals surface area contributed by atoms with Crippen LogP contribution in [0, 0.1) is 0 Å². The Bertz CT molecular complexity index is 3880. The van der Waals surface area contributed by atoms with Crippen LogP contribution in [0.1, 0.15) is 0 Å². The van der Waals surface area contributed by atoms with Gasteiger partial charge < -0.3 is 0 Å². The fourth-order valence-electron chi connectivity index (χ4n) is 10.8. The second-order valence-electron chi connectivity index (χ2n) is 16.6. The molecule has 0 spiro atoms. The standard InChI is InChI=1S/C62H38/c1-4-19-39(20-5-1)43-26-12-13-28-45(43)47-35-36-53-60-50-32-17-16-31-49(50)58(51-33-18-34-52(61(51)60)59-44-27-11-10-25-42(44)37-55(47)62(53)59)56-38-54(40-21-6-2-7-22-40)46-29-14-15-30-48(46)57(56)41-23-8-3-9-24-41/h1-38H.